The van der Waals surface area contributed by atoms with Crippen molar-refractivity contribution >= 4 is 11.9 Å². The van der Waals surface area contributed by atoms with Crippen LogP contribution < -0.4 is 0 Å². The van der Waals surface area contributed by atoms with E-state index in [0.717, 1.165) is 23.1 Å². The molecule has 0 spiro atoms. The number of carboxylic acid groups (broad SMARTS) is 1. The summed E-state index contributed by atoms with van der Waals surface area (Å²) >= 11 is 0. The second-order valence-electron chi connectivity index (χ2n) is 6.02. The number of carbonyl (C=O) groups excluding carboxylic acids is 1. The van der Waals surface area contributed by atoms with Crippen molar-refractivity contribution in [1.29, 1.82) is 0 Å². The highest BCUT2D eigenvalue weighted by Crippen LogP contribution is 2.21. The number of carbonyl (C=O) groups is 2. The van der Waals surface area contributed by atoms with Gasteiger partial charge < -0.3 is 10.0 Å². The van der Waals surface area contributed by atoms with Crippen molar-refractivity contribution in [2.24, 2.45) is 0 Å². The van der Waals surface area contributed by atoms with Gasteiger partial charge in [-0.3, -0.25) is 4.79 Å². The Hall–Kier alpha value is -2.62. The summed E-state index contributed by atoms with van der Waals surface area (Å²) in [5.41, 5.74) is 4.53. The fourth-order valence-electron chi connectivity index (χ4n) is 2.90. The Balaban J connectivity index is 1.73. The molecule has 1 aliphatic heterocycles. The molecule has 0 saturated carbocycles. The summed E-state index contributed by atoms with van der Waals surface area (Å²) in [4.78, 5) is 25.4. The highest BCUT2D eigenvalue weighted by molar-refractivity contribution is 5.88. The zero-order valence-corrected chi connectivity index (χ0v) is 13.1. The maximum absolute atomic E-state index is 12.5. The van der Waals surface area contributed by atoms with Crippen LogP contribution in [-0.2, 0) is 24.2 Å². The number of benzene rings is 2. The van der Waals surface area contributed by atoms with Crippen LogP contribution in [0.15, 0.2) is 42.5 Å². The van der Waals surface area contributed by atoms with Gasteiger partial charge in [0.1, 0.15) is 0 Å². The zero-order valence-electron chi connectivity index (χ0n) is 13.1. The van der Waals surface area contributed by atoms with Gasteiger partial charge >= 0.3 is 5.97 Å². The number of aryl methyl sites for hydroxylation is 1. The van der Waals surface area contributed by atoms with Crippen LogP contribution in [0.1, 0.15) is 32.6 Å². The number of carboxylic acids is 1. The van der Waals surface area contributed by atoms with Crippen LogP contribution in [0.4, 0.5) is 0 Å². The Morgan fingerprint density at radius 3 is 2.52 bits per heavy atom. The number of amides is 1. The first-order chi connectivity index (χ1) is 11.0. The minimum Gasteiger partial charge on any atom is -0.478 e. The highest BCUT2D eigenvalue weighted by Gasteiger charge is 2.21. The van der Waals surface area contributed by atoms with Crippen LogP contribution in [0.25, 0.3) is 0 Å². The summed E-state index contributed by atoms with van der Waals surface area (Å²) in [6.45, 7) is 3.19. The van der Waals surface area contributed by atoms with Gasteiger partial charge in [0, 0.05) is 13.1 Å². The number of rotatable bonds is 3. The highest BCUT2D eigenvalue weighted by atomic mass is 16.4. The first-order valence-electron chi connectivity index (χ1n) is 7.71. The lowest BCUT2D eigenvalue weighted by molar-refractivity contribution is -0.131. The number of nitrogens with zero attached hydrogens (tertiary/aromatic N) is 1. The molecule has 118 valence electrons. The molecule has 0 radical (unpaired) electrons. The molecule has 2 aromatic rings. The second kappa shape index (κ2) is 6.24. The molecule has 0 unspecified atom stereocenters. The van der Waals surface area contributed by atoms with E-state index in [1.54, 1.807) is 12.1 Å². The van der Waals surface area contributed by atoms with Crippen LogP contribution in [0, 0.1) is 6.92 Å². The Bertz CT molecular complexity index is 750. The molecule has 1 amide bonds. The maximum Gasteiger partial charge on any atom is 0.335 e. The quantitative estimate of drug-likeness (QED) is 0.948. The molecule has 0 bridgehead atoms. The molecule has 4 heteroatoms. The van der Waals surface area contributed by atoms with E-state index in [4.69, 9.17) is 5.11 Å². The third kappa shape index (κ3) is 3.42. The summed E-state index contributed by atoms with van der Waals surface area (Å²) < 4.78 is 0. The molecule has 4 nitrogen and oxygen atoms in total. The molecule has 0 aliphatic carbocycles. The summed E-state index contributed by atoms with van der Waals surface area (Å²) in [5.74, 6) is -0.851. The van der Waals surface area contributed by atoms with E-state index in [0.29, 0.717) is 19.5 Å². The smallest absolute Gasteiger partial charge is 0.335 e. The van der Waals surface area contributed by atoms with Crippen LogP contribution in [-0.4, -0.2) is 28.4 Å². The molecule has 0 saturated heterocycles. The minimum atomic E-state index is -0.934. The standard InChI is InChI=1S/C19H19NO3/c1-13-2-4-14(5-3-13)10-18(21)20-9-8-15-6-7-16(19(22)23)11-17(15)12-20/h2-7,11H,8-10,12H2,1H3,(H,22,23). The molecular formula is C19H19NO3. The summed E-state index contributed by atoms with van der Waals surface area (Å²) in [7, 11) is 0. The molecule has 3 rings (SSSR count). The van der Waals surface area contributed by atoms with Crippen molar-refractivity contribution < 1.29 is 14.7 Å². The molecule has 1 heterocycles. The van der Waals surface area contributed by atoms with Gasteiger partial charge in [-0.15, -0.1) is 0 Å². The van der Waals surface area contributed by atoms with Gasteiger partial charge in [-0.05, 0) is 42.2 Å². The third-order valence-electron chi connectivity index (χ3n) is 4.29. The van der Waals surface area contributed by atoms with Crippen LogP contribution in [0.3, 0.4) is 0 Å². The van der Waals surface area contributed by atoms with E-state index in [2.05, 4.69) is 0 Å². The van der Waals surface area contributed by atoms with Gasteiger partial charge in [0.25, 0.3) is 0 Å². The molecule has 0 atom stereocenters. The zero-order chi connectivity index (χ0) is 16.4. The van der Waals surface area contributed by atoms with Gasteiger partial charge in [0.15, 0.2) is 0 Å². The summed E-state index contributed by atoms with van der Waals surface area (Å²) in [6, 6.07) is 13.1. The predicted molar refractivity (Wildman–Crippen MR) is 87.4 cm³/mol. The van der Waals surface area contributed by atoms with E-state index in [1.165, 1.54) is 5.56 Å². The van der Waals surface area contributed by atoms with Crippen LogP contribution in [0.2, 0.25) is 0 Å². The average Bonchev–Trinajstić information content (AvgIpc) is 2.55. The lowest BCUT2D eigenvalue weighted by Crippen LogP contribution is -2.37. The number of aromatic carboxylic acids is 1. The van der Waals surface area contributed by atoms with Crippen molar-refractivity contribution in [1.82, 2.24) is 4.90 Å². The van der Waals surface area contributed by atoms with E-state index in [1.807, 2.05) is 42.2 Å². The molecule has 0 fully saturated rings. The average molecular weight is 309 g/mol. The van der Waals surface area contributed by atoms with E-state index in [9.17, 15) is 9.59 Å². The maximum atomic E-state index is 12.5. The monoisotopic (exact) mass is 309 g/mol. The second-order valence-corrected chi connectivity index (χ2v) is 6.02. The lowest BCUT2D eigenvalue weighted by Gasteiger charge is -2.29. The van der Waals surface area contributed by atoms with Crippen molar-refractivity contribution in [3.8, 4) is 0 Å². The molecule has 1 aliphatic rings. The molecule has 2 aromatic carbocycles. The molecule has 0 aromatic heterocycles. The summed E-state index contributed by atoms with van der Waals surface area (Å²) in [5, 5.41) is 9.10. The third-order valence-corrected chi connectivity index (χ3v) is 4.29. The Labute approximate surface area is 135 Å². The SMILES string of the molecule is Cc1ccc(CC(=O)N2CCc3ccc(C(=O)O)cc3C2)cc1. The molecular weight excluding hydrogens is 290 g/mol. The summed E-state index contributed by atoms with van der Waals surface area (Å²) in [6.07, 6.45) is 1.16. The topological polar surface area (TPSA) is 57.6 Å². The normalized spacial score (nSPS) is 13.5. The predicted octanol–water partition coefficient (Wildman–Crippen LogP) is 2.82. The first-order valence-corrected chi connectivity index (χ1v) is 7.71. The van der Waals surface area contributed by atoms with Crippen LogP contribution >= 0.6 is 0 Å². The number of hydrogen-bond acceptors (Lipinski definition) is 2. The Morgan fingerprint density at radius 1 is 1.09 bits per heavy atom. The van der Waals surface area contributed by atoms with Crippen molar-refractivity contribution in [2.45, 2.75) is 26.3 Å². The molecule has 23 heavy (non-hydrogen) atoms. The fourth-order valence-corrected chi connectivity index (χ4v) is 2.90. The lowest BCUT2D eigenvalue weighted by atomic mass is 9.97. The van der Waals surface area contributed by atoms with Crippen molar-refractivity contribution in [3.05, 3.63) is 70.3 Å². The Morgan fingerprint density at radius 2 is 1.83 bits per heavy atom. The number of fused-ring (bicyclic) bond motifs is 1. The van der Waals surface area contributed by atoms with Gasteiger partial charge in [-0.25, -0.2) is 4.79 Å². The van der Waals surface area contributed by atoms with Gasteiger partial charge in [0.2, 0.25) is 5.91 Å². The van der Waals surface area contributed by atoms with Gasteiger partial charge in [-0.1, -0.05) is 35.9 Å². The van der Waals surface area contributed by atoms with E-state index in [-0.39, 0.29) is 11.5 Å². The largest absolute Gasteiger partial charge is 0.478 e. The Kier molecular flexibility index (Phi) is 4.15. The van der Waals surface area contributed by atoms with Crippen LogP contribution in [0.5, 0.6) is 0 Å². The first kappa shape index (κ1) is 15.3. The van der Waals surface area contributed by atoms with Crippen molar-refractivity contribution in [3.63, 3.8) is 0 Å². The van der Waals surface area contributed by atoms with E-state index < -0.39 is 5.97 Å². The van der Waals surface area contributed by atoms with Gasteiger partial charge in [-0.2, -0.15) is 0 Å². The van der Waals surface area contributed by atoms with Gasteiger partial charge in [0.05, 0.1) is 12.0 Å². The molecule has 1 N–H and O–H groups in total. The minimum absolute atomic E-state index is 0.0835. The fraction of sp³-hybridized carbons (Fsp3) is 0.263. The van der Waals surface area contributed by atoms with E-state index >= 15 is 0 Å². The van der Waals surface area contributed by atoms with Crippen molar-refractivity contribution in [2.75, 3.05) is 6.54 Å². The number of hydrogen-bond donors (Lipinski definition) is 1.